The minimum Gasteiger partial charge on any atom is -0.391 e. The lowest BCUT2D eigenvalue weighted by Gasteiger charge is -2.26. The van der Waals surface area contributed by atoms with Crippen molar-refractivity contribution in [3.8, 4) is 0 Å². The largest absolute Gasteiger partial charge is 0.391 e. The first-order chi connectivity index (χ1) is 13.0. The van der Waals surface area contributed by atoms with Gasteiger partial charge in [0.25, 0.3) is 0 Å². The van der Waals surface area contributed by atoms with Crippen LogP contribution in [0.4, 0.5) is 0 Å². The van der Waals surface area contributed by atoms with E-state index in [0.717, 1.165) is 0 Å². The summed E-state index contributed by atoms with van der Waals surface area (Å²) < 4.78 is 0. The topological polar surface area (TPSA) is 177 Å². The van der Waals surface area contributed by atoms with E-state index in [1.807, 2.05) is 13.8 Å². The highest BCUT2D eigenvalue weighted by atomic mass is 16.3. The first kappa shape index (κ1) is 25.8. The summed E-state index contributed by atoms with van der Waals surface area (Å²) in [6.45, 7) is 6.79. The highest BCUT2D eigenvalue weighted by molar-refractivity contribution is 5.94. The molecule has 0 aromatic carbocycles. The molecule has 0 unspecified atom stereocenters. The number of carbonyl (C=O) groups excluding carboxylic acids is 4. The summed E-state index contributed by atoms with van der Waals surface area (Å²) in [5.74, 6) is -2.27. The number of hydrogen-bond acceptors (Lipinski definition) is 6. The monoisotopic (exact) mass is 401 g/mol. The third-order valence-corrected chi connectivity index (χ3v) is 4.07. The van der Waals surface area contributed by atoms with Crippen molar-refractivity contribution in [3.63, 3.8) is 0 Å². The summed E-state index contributed by atoms with van der Waals surface area (Å²) in [4.78, 5) is 48.0. The van der Waals surface area contributed by atoms with Crippen molar-refractivity contribution in [1.82, 2.24) is 16.0 Å². The van der Waals surface area contributed by atoms with E-state index in [4.69, 9.17) is 11.5 Å². The van der Waals surface area contributed by atoms with E-state index in [-0.39, 0.29) is 12.3 Å². The molecular weight excluding hydrogens is 366 g/mol. The molecule has 0 aliphatic rings. The van der Waals surface area contributed by atoms with Crippen LogP contribution in [0.2, 0.25) is 0 Å². The maximum Gasteiger partial charge on any atom is 0.245 e. The van der Waals surface area contributed by atoms with Gasteiger partial charge in [-0.25, -0.2) is 0 Å². The van der Waals surface area contributed by atoms with Gasteiger partial charge in [-0.3, -0.25) is 19.2 Å². The first-order valence-corrected chi connectivity index (χ1v) is 9.54. The van der Waals surface area contributed by atoms with Crippen molar-refractivity contribution >= 4 is 23.6 Å². The predicted molar refractivity (Wildman–Crippen MR) is 105 cm³/mol. The van der Waals surface area contributed by atoms with Crippen LogP contribution in [0.25, 0.3) is 0 Å². The Morgan fingerprint density at radius 2 is 1.50 bits per heavy atom. The fourth-order valence-electron chi connectivity index (χ4n) is 2.64. The molecule has 4 amide bonds. The molecule has 28 heavy (non-hydrogen) atoms. The number of amides is 4. The summed E-state index contributed by atoms with van der Waals surface area (Å²) in [6.07, 6.45) is 0.716. The predicted octanol–water partition coefficient (Wildman–Crippen LogP) is -1.50. The number of aliphatic hydroxyl groups excluding tert-OH is 1. The highest BCUT2D eigenvalue weighted by Gasteiger charge is 2.30. The molecule has 0 rings (SSSR count). The molecule has 0 spiro atoms. The molecule has 0 radical (unpaired) electrons. The second-order valence-electron chi connectivity index (χ2n) is 7.36. The van der Waals surface area contributed by atoms with Gasteiger partial charge in [0, 0.05) is 6.92 Å². The number of hydrogen-bond donors (Lipinski definition) is 6. The average Bonchev–Trinajstić information content (AvgIpc) is 2.57. The molecule has 162 valence electrons. The molecule has 0 saturated heterocycles. The zero-order chi connectivity index (χ0) is 21.9. The molecule has 0 aliphatic heterocycles. The molecule has 0 fully saturated rings. The van der Waals surface area contributed by atoms with Gasteiger partial charge in [-0.2, -0.15) is 0 Å². The lowest BCUT2D eigenvalue weighted by molar-refractivity contribution is -0.134. The lowest BCUT2D eigenvalue weighted by Crippen LogP contribution is -2.58. The summed E-state index contributed by atoms with van der Waals surface area (Å²) in [5.41, 5.74) is 10.8. The normalized spacial score (nSPS) is 15.2. The van der Waals surface area contributed by atoms with Crippen LogP contribution in [-0.2, 0) is 19.2 Å². The maximum absolute atomic E-state index is 12.7. The van der Waals surface area contributed by atoms with E-state index >= 15 is 0 Å². The summed E-state index contributed by atoms with van der Waals surface area (Å²) in [6, 6.07) is -3.02. The van der Waals surface area contributed by atoms with Crippen LogP contribution in [0.15, 0.2) is 0 Å². The zero-order valence-electron chi connectivity index (χ0n) is 17.2. The Bertz CT molecular complexity index is 538. The number of primary amides is 1. The van der Waals surface area contributed by atoms with Crippen molar-refractivity contribution in [2.24, 2.45) is 17.4 Å². The Morgan fingerprint density at radius 1 is 0.929 bits per heavy atom. The summed E-state index contributed by atoms with van der Waals surface area (Å²) >= 11 is 0. The minimum atomic E-state index is -1.20. The second kappa shape index (κ2) is 13.1. The van der Waals surface area contributed by atoms with Crippen molar-refractivity contribution in [1.29, 1.82) is 0 Å². The smallest absolute Gasteiger partial charge is 0.245 e. The number of aliphatic hydroxyl groups is 1. The maximum atomic E-state index is 12.7. The number of rotatable bonds is 13. The SMILES string of the molecule is CC(=O)N[C@H](C(=O)N[C@@H](CCCCN)C(=O)N[C@@H](CC(C)C)C(N)=O)[C@H](C)O. The van der Waals surface area contributed by atoms with Gasteiger partial charge < -0.3 is 32.5 Å². The molecule has 0 saturated carbocycles. The minimum absolute atomic E-state index is 0.127. The summed E-state index contributed by atoms with van der Waals surface area (Å²) in [5, 5.41) is 17.2. The molecule has 10 heteroatoms. The molecule has 0 aliphatic carbocycles. The number of unbranched alkanes of at least 4 members (excludes halogenated alkanes) is 1. The fourth-order valence-corrected chi connectivity index (χ4v) is 2.64. The highest BCUT2D eigenvalue weighted by Crippen LogP contribution is 2.07. The quantitative estimate of drug-likeness (QED) is 0.205. The van der Waals surface area contributed by atoms with E-state index in [1.54, 1.807) is 0 Å². The van der Waals surface area contributed by atoms with Gasteiger partial charge in [-0.05, 0) is 45.1 Å². The zero-order valence-corrected chi connectivity index (χ0v) is 17.2. The third-order valence-electron chi connectivity index (χ3n) is 4.07. The first-order valence-electron chi connectivity index (χ1n) is 9.54. The Labute approximate surface area is 166 Å². The van der Waals surface area contributed by atoms with Gasteiger partial charge in [0.05, 0.1) is 6.10 Å². The van der Waals surface area contributed by atoms with Gasteiger partial charge in [0.2, 0.25) is 23.6 Å². The molecule has 8 N–H and O–H groups in total. The number of carbonyl (C=O) groups is 4. The van der Waals surface area contributed by atoms with Crippen LogP contribution < -0.4 is 27.4 Å². The van der Waals surface area contributed by atoms with Gasteiger partial charge >= 0.3 is 0 Å². The van der Waals surface area contributed by atoms with E-state index in [0.29, 0.717) is 25.8 Å². The lowest BCUT2D eigenvalue weighted by atomic mass is 10.0. The van der Waals surface area contributed by atoms with Crippen molar-refractivity contribution in [3.05, 3.63) is 0 Å². The van der Waals surface area contributed by atoms with Crippen LogP contribution in [0.1, 0.15) is 53.4 Å². The Morgan fingerprint density at radius 3 is 1.93 bits per heavy atom. The van der Waals surface area contributed by atoms with Gasteiger partial charge in [-0.1, -0.05) is 13.8 Å². The van der Waals surface area contributed by atoms with Crippen LogP contribution in [0, 0.1) is 5.92 Å². The van der Waals surface area contributed by atoms with E-state index in [9.17, 15) is 24.3 Å². The van der Waals surface area contributed by atoms with Crippen LogP contribution in [-0.4, -0.2) is 59.5 Å². The molecule has 10 nitrogen and oxygen atoms in total. The van der Waals surface area contributed by atoms with Crippen LogP contribution in [0.3, 0.4) is 0 Å². The Hall–Kier alpha value is -2.20. The molecule has 0 bridgehead atoms. The molecule has 0 aromatic heterocycles. The van der Waals surface area contributed by atoms with Crippen molar-refractivity contribution in [2.45, 2.75) is 77.6 Å². The second-order valence-corrected chi connectivity index (χ2v) is 7.36. The van der Waals surface area contributed by atoms with E-state index in [2.05, 4.69) is 16.0 Å². The molecular formula is C18H35N5O5. The van der Waals surface area contributed by atoms with Crippen LogP contribution in [0.5, 0.6) is 0 Å². The van der Waals surface area contributed by atoms with Crippen LogP contribution >= 0.6 is 0 Å². The van der Waals surface area contributed by atoms with E-state index < -0.39 is 47.9 Å². The van der Waals surface area contributed by atoms with Gasteiger partial charge in [0.1, 0.15) is 18.1 Å². The standard InChI is InChI=1S/C18H35N5O5/c1-10(2)9-14(16(20)26)23-17(27)13(7-5-6-8-19)22-18(28)15(11(3)24)21-12(4)25/h10-11,13-15,24H,5-9,19H2,1-4H3,(H2,20,26)(H,21,25)(H,22,28)(H,23,27)/t11-,13-,14-,15-/m0/s1. The number of nitrogens with one attached hydrogen (secondary N) is 3. The Balaban J connectivity index is 5.27. The average molecular weight is 402 g/mol. The molecule has 4 atom stereocenters. The molecule has 0 aromatic rings. The summed E-state index contributed by atoms with van der Waals surface area (Å²) in [7, 11) is 0. The van der Waals surface area contributed by atoms with Crippen molar-refractivity contribution < 1.29 is 24.3 Å². The van der Waals surface area contributed by atoms with E-state index in [1.165, 1.54) is 13.8 Å². The Kier molecular flexibility index (Phi) is 12.0. The van der Waals surface area contributed by atoms with Gasteiger partial charge in [-0.15, -0.1) is 0 Å². The molecule has 0 heterocycles. The fraction of sp³-hybridized carbons (Fsp3) is 0.778. The third kappa shape index (κ3) is 10.2. The number of nitrogens with two attached hydrogens (primary N) is 2. The van der Waals surface area contributed by atoms with Gasteiger partial charge in [0.15, 0.2) is 0 Å². The van der Waals surface area contributed by atoms with Crippen molar-refractivity contribution in [2.75, 3.05) is 6.54 Å².